The van der Waals surface area contributed by atoms with Gasteiger partial charge in [0.15, 0.2) is 11.6 Å². The van der Waals surface area contributed by atoms with Crippen LogP contribution in [0.1, 0.15) is 5.56 Å². The quantitative estimate of drug-likeness (QED) is 0.928. The predicted octanol–water partition coefficient (Wildman–Crippen LogP) is 1.90. The third kappa shape index (κ3) is 2.81. The third-order valence-electron chi connectivity index (χ3n) is 3.36. The second kappa shape index (κ2) is 5.60. The van der Waals surface area contributed by atoms with Crippen LogP contribution < -0.4 is 5.73 Å². The number of halogens is 1. The summed E-state index contributed by atoms with van der Waals surface area (Å²) in [5.41, 5.74) is 6.80. The fraction of sp³-hybridized carbons (Fsp3) is 0.357. The molecule has 0 spiro atoms. The number of nitrogens with zero attached hydrogens (tertiary/aromatic N) is 2. The Balaban J connectivity index is 1.76. The van der Waals surface area contributed by atoms with Crippen LogP contribution in [-0.4, -0.2) is 36.4 Å². The van der Waals surface area contributed by atoms with Gasteiger partial charge in [0.1, 0.15) is 5.82 Å². The molecular weight excluding hydrogens is 261 g/mol. The lowest BCUT2D eigenvalue weighted by atomic mass is 10.1. The standard InChI is InChI=1S/C14H16FN3O2/c15-12-7-10(13-8-14(16)17-20-13)1-2-11(12)9-18-3-5-19-6-4-18/h1-2,7-8H,3-6,9H2,(H2,16,17). The van der Waals surface area contributed by atoms with Crippen LogP contribution in [0.25, 0.3) is 11.3 Å². The normalized spacial score (nSPS) is 16.4. The molecule has 0 amide bonds. The summed E-state index contributed by atoms with van der Waals surface area (Å²) in [6.07, 6.45) is 0. The van der Waals surface area contributed by atoms with E-state index in [0.717, 1.165) is 13.1 Å². The Morgan fingerprint density at radius 2 is 2.05 bits per heavy atom. The van der Waals surface area contributed by atoms with Crippen LogP contribution in [0.5, 0.6) is 0 Å². The van der Waals surface area contributed by atoms with E-state index in [1.807, 2.05) is 6.07 Å². The van der Waals surface area contributed by atoms with Gasteiger partial charge in [-0.3, -0.25) is 4.90 Å². The van der Waals surface area contributed by atoms with Gasteiger partial charge in [-0.2, -0.15) is 0 Å². The topological polar surface area (TPSA) is 64.5 Å². The molecule has 1 aliphatic rings. The first-order valence-electron chi connectivity index (χ1n) is 6.53. The van der Waals surface area contributed by atoms with E-state index in [1.54, 1.807) is 12.1 Å². The highest BCUT2D eigenvalue weighted by atomic mass is 19.1. The average Bonchev–Trinajstić information content (AvgIpc) is 2.89. The molecule has 5 nitrogen and oxygen atoms in total. The first-order chi connectivity index (χ1) is 9.72. The molecule has 2 N–H and O–H groups in total. The van der Waals surface area contributed by atoms with Crippen LogP contribution in [-0.2, 0) is 11.3 Å². The van der Waals surface area contributed by atoms with Crippen LogP contribution >= 0.6 is 0 Å². The van der Waals surface area contributed by atoms with Gasteiger partial charge < -0.3 is 15.0 Å². The van der Waals surface area contributed by atoms with E-state index in [0.29, 0.717) is 36.6 Å². The lowest BCUT2D eigenvalue weighted by molar-refractivity contribution is 0.0337. The van der Waals surface area contributed by atoms with Crippen LogP contribution in [0.4, 0.5) is 10.2 Å². The molecule has 0 aliphatic carbocycles. The zero-order valence-electron chi connectivity index (χ0n) is 11.0. The first-order valence-corrected chi connectivity index (χ1v) is 6.53. The summed E-state index contributed by atoms with van der Waals surface area (Å²) < 4.78 is 24.5. The summed E-state index contributed by atoms with van der Waals surface area (Å²) in [6.45, 7) is 3.67. The highest BCUT2D eigenvalue weighted by Gasteiger charge is 2.14. The van der Waals surface area contributed by atoms with Crippen molar-refractivity contribution in [2.24, 2.45) is 0 Å². The summed E-state index contributed by atoms with van der Waals surface area (Å²) >= 11 is 0. The fourth-order valence-corrected chi connectivity index (χ4v) is 2.25. The van der Waals surface area contributed by atoms with Crippen molar-refractivity contribution in [2.75, 3.05) is 32.0 Å². The van der Waals surface area contributed by atoms with Gasteiger partial charge in [0.05, 0.1) is 13.2 Å². The lowest BCUT2D eigenvalue weighted by Crippen LogP contribution is -2.35. The van der Waals surface area contributed by atoms with Gasteiger partial charge in [-0.25, -0.2) is 4.39 Å². The number of aromatic nitrogens is 1. The molecule has 2 aromatic rings. The zero-order chi connectivity index (χ0) is 13.9. The van der Waals surface area contributed by atoms with Crippen molar-refractivity contribution in [3.05, 3.63) is 35.6 Å². The van der Waals surface area contributed by atoms with E-state index in [2.05, 4.69) is 10.1 Å². The Morgan fingerprint density at radius 3 is 2.70 bits per heavy atom. The minimum absolute atomic E-state index is 0.246. The van der Waals surface area contributed by atoms with Crippen LogP contribution in [0.3, 0.4) is 0 Å². The van der Waals surface area contributed by atoms with Gasteiger partial charge in [0.2, 0.25) is 0 Å². The lowest BCUT2D eigenvalue weighted by Gasteiger charge is -2.26. The van der Waals surface area contributed by atoms with Crippen molar-refractivity contribution in [1.82, 2.24) is 10.1 Å². The van der Waals surface area contributed by atoms with Crippen LogP contribution in [0.15, 0.2) is 28.8 Å². The minimum Gasteiger partial charge on any atom is -0.381 e. The van der Waals surface area contributed by atoms with Crippen molar-refractivity contribution in [3.63, 3.8) is 0 Å². The van der Waals surface area contributed by atoms with Crippen molar-refractivity contribution >= 4 is 5.82 Å². The second-order valence-electron chi connectivity index (χ2n) is 4.81. The summed E-state index contributed by atoms with van der Waals surface area (Å²) in [4.78, 5) is 2.17. The molecule has 1 aromatic heterocycles. The van der Waals surface area contributed by atoms with Gasteiger partial charge in [0, 0.05) is 36.8 Å². The Morgan fingerprint density at radius 1 is 1.25 bits per heavy atom. The summed E-state index contributed by atoms with van der Waals surface area (Å²) in [7, 11) is 0. The number of anilines is 1. The largest absolute Gasteiger partial charge is 0.381 e. The Kier molecular flexibility index (Phi) is 3.66. The number of ether oxygens (including phenoxy) is 1. The summed E-state index contributed by atoms with van der Waals surface area (Å²) in [6, 6.07) is 6.63. The minimum atomic E-state index is -0.246. The third-order valence-corrected chi connectivity index (χ3v) is 3.36. The number of hydrogen-bond donors (Lipinski definition) is 1. The van der Waals surface area contributed by atoms with E-state index in [4.69, 9.17) is 15.0 Å². The van der Waals surface area contributed by atoms with E-state index in [1.165, 1.54) is 6.07 Å². The number of hydrogen-bond acceptors (Lipinski definition) is 5. The molecule has 1 aromatic carbocycles. The molecule has 106 valence electrons. The summed E-state index contributed by atoms with van der Waals surface area (Å²) in [5.74, 6) is 0.515. The maximum Gasteiger partial charge on any atom is 0.169 e. The molecule has 0 unspecified atom stereocenters. The van der Waals surface area contributed by atoms with Crippen LogP contribution in [0, 0.1) is 5.82 Å². The average molecular weight is 277 g/mol. The number of morpholine rings is 1. The highest BCUT2D eigenvalue weighted by Crippen LogP contribution is 2.24. The monoisotopic (exact) mass is 277 g/mol. The molecule has 1 saturated heterocycles. The molecule has 0 atom stereocenters. The Labute approximate surface area is 116 Å². The molecular formula is C14H16FN3O2. The van der Waals surface area contributed by atoms with Gasteiger partial charge in [0.25, 0.3) is 0 Å². The number of nitrogen functional groups attached to an aromatic ring is 1. The van der Waals surface area contributed by atoms with Crippen LogP contribution in [0.2, 0.25) is 0 Å². The van der Waals surface area contributed by atoms with Gasteiger partial charge in [-0.05, 0) is 6.07 Å². The molecule has 1 fully saturated rings. The smallest absolute Gasteiger partial charge is 0.169 e. The maximum absolute atomic E-state index is 14.1. The molecule has 0 bridgehead atoms. The molecule has 3 rings (SSSR count). The first kappa shape index (κ1) is 13.1. The zero-order valence-corrected chi connectivity index (χ0v) is 11.0. The van der Waals surface area contributed by atoms with Crippen molar-refractivity contribution < 1.29 is 13.7 Å². The SMILES string of the molecule is Nc1cc(-c2ccc(CN3CCOCC3)c(F)c2)on1. The highest BCUT2D eigenvalue weighted by molar-refractivity contribution is 5.60. The number of nitrogens with two attached hydrogens (primary N) is 1. The van der Waals surface area contributed by atoms with E-state index >= 15 is 0 Å². The molecule has 0 radical (unpaired) electrons. The second-order valence-corrected chi connectivity index (χ2v) is 4.81. The number of benzene rings is 1. The molecule has 1 aliphatic heterocycles. The van der Waals surface area contributed by atoms with E-state index in [-0.39, 0.29) is 11.6 Å². The summed E-state index contributed by atoms with van der Waals surface area (Å²) in [5, 5.41) is 3.60. The predicted molar refractivity (Wildman–Crippen MR) is 72.4 cm³/mol. The Hall–Kier alpha value is -1.92. The molecule has 20 heavy (non-hydrogen) atoms. The molecule has 6 heteroatoms. The van der Waals surface area contributed by atoms with Crippen molar-refractivity contribution in [2.45, 2.75) is 6.54 Å². The van der Waals surface area contributed by atoms with E-state index < -0.39 is 0 Å². The van der Waals surface area contributed by atoms with Gasteiger partial charge in [-0.15, -0.1) is 0 Å². The Bertz CT molecular complexity index is 594. The van der Waals surface area contributed by atoms with Crippen molar-refractivity contribution in [1.29, 1.82) is 0 Å². The molecule has 2 heterocycles. The maximum atomic E-state index is 14.1. The van der Waals surface area contributed by atoms with E-state index in [9.17, 15) is 4.39 Å². The fourth-order valence-electron chi connectivity index (χ4n) is 2.25. The van der Waals surface area contributed by atoms with Gasteiger partial charge in [-0.1, -0.05) is 17.3 Å². The molecule has 0 saturated carbocycles. The van der Waals surface area contributed by atoms with Gasteiger partial charge >= 0.3 is 0 Å². The number of rotatable bonds is 3. The van der Waals surface area contributed by atoms with Crippen molar-refractivity contribution in [3.8, 4) is 11.3 Å².